The second-order valence-electron chi connectivity index (χ2n) is 7.11. The molecule has 0 fully saturated rings. The van der Waals surface area contributed by atoms with Crippen LogP contribution in [0, 0.1) is 13.8 Å². The van der Waals surface area contributed by atoms with Crippen LogP contribution in [0.4, 0.5) is 5.69 Å². The van der Waals surface area contributed by atoms with Crippen molar-refractivity contribution in [3.05, 3.63) is 59.2 Å². The molecule has 0 saturated heterocycles. The summed E-state index contributed by atoms with van der Waals surface area (Å²) in [6.45, 7) is 8.60. The molecule has 0 spiro atoms. The Bertz CT molecular complexity index is 995. The first-order valence-electron chi connectivity index (χ1n) is 9.21. The summed E-state index contributed by atoms with van der Waals surface area (Å²) in [6.07, 6.45) is -1.06. The topological polar surface area (TPSA) is 102 Å². The van der Waals surface area contributed by atoms with Crippen LogP contribution in [0.1, 0.15) is 42.3 Å². The number of nitrogens with one attached hydrogen (secondary N) is 2. The molecule has 8 heteroatoms. The molecule has 1 unspecified atom stereocenters. The number of esters is 1. The monoisotopic (exact) mass is 418 g/mol. The third kappa shape index (κ3) is 5.88. The Morgan fingerprint density at radius 3 is 2.14 bits per heavy atom. The Balaban J connectivity index is 2.12. The molecule has 7 nitrogen and oxygen atoms in total. The van der Waals surface area contributed by atoms with Crippen LogP contribution in [0.25, 0.3) is 0 Å². The van der Waals surface area contributed by atoms with Gasteiger partial charge in [-0.2, -0.15) is 0 Å². The average molecular weight is 419 g/mol. The van der Waals surface area contributed by atoms with E-state index in [0.717, 1.165) is 11.1 Å². The molecule has 2 N–H and O–H groups in total. The number of hydrogen-bond donors (Lipinski definition) is 2. The number of aryl methyl sites for hydroxylation is 2. The summed E-state index contributed by atoms with van der Waals surface area (Å²) in [5.41, 5.74) is 2.51. The first-order valence-corrected chi connectivity index (χ1v) is 10.7. The summed E-state index contributed by atoms with van der Waals surface area (Å²) in [4.78, 5) is 24.8. The van der Waals surface area contributed by atoms with Crippen LogP contribution in [0.5, 0.6) is 0 Å². The lowest BCUT2D eigenvalue weighted by Crippen LogP contribution is -2.31. The lowest BCUT2D eigenvalue weighted by atomic mass is 10.1. The zero-order chi connectivity index (χ0) is 21.8. The molecule has 0 aliphatic carbocycles. The van der Waals surface area contributed by atoms with Crippen LogP contribution in [0.3, 0.4) is 0 Å². The number of carbonyl (C=O) groups excluding carboxylic acids is 2. The average Bonchev–Trinajstić information content (AvgIpc) is 2.63. The molecule has 2 aromatic carbocycles. The number of para-hydroxylation sites is 1. The SMILES string of the molecule is Cc1cccc(C)c1NC(=O)C(C)OC(=O)c1cccc(S(=O)(=O)NC(C)C)c1. The van der Waals surface area contributed by atoms with Crippen molar-refractivity contribution in [2.75, 3.05) is 5.32 Å². The predicted molar refractivity (Wildman–Crippen MR) is 111 cm³/mol. The van der Waals surface area contributed by atoms with Gasteiger partial charge < -0.3 is 10.1 Å². The third-order valence-electron chi connectivity index (χ3n) is 4.15. The summed E-state index contributed by atoms with van der Waals surface area (Å²) in [5, 5.41) is 2.77. The minimum absolute atomic E-state index is 0.0448. The summed E-state index contributed by atoms with van der Waals surface area (Å²) in [7, 11) is -3.75. The zero-order valence-electron chi connectivity index (χ0n) is 17.1. The van der Waals surface area contributed by atoms with Crippen molar-refractivity contribution in [2.24, 2.45) is 0 Å². The molecular formula is C21H26N2O5S. The third-order valence-corrected chi connectivity index (χ3v) is 5.81. The van der Waals surface area contributed by atoms with E-state index in [2.05, 4.69) is 10.0 Å². The Labute approximate surface area is 171 Å². The second kappa shape index (κ2) is 9.19. The Kier molecular flexibility index (Phi) is 7.16. The molecule has 0 aliphatic rings. The molecule has 0 aromatic heterocycles. The highest BCUT2D eigenvalue weighted by Gasteiger charge is 2.22. The molecule has 29 heavy (non-hydrogen) atoms. The van der Waals surface area contributed by atoms with Gasteiger partial charge in [-0.05, 0) is 63.9 Å². The van der Waals surface area contributed by atoms with E-state index in [1.165, 1.54) is 31.2 Å². The van der Waals surface area contributed by atoms with Crippen molar-refractivity contribution in [1.82, 2.24) is 4.72 Å². The highest BCUT2D eigenvalue weighted by molar-refractivity contribution is 7.89. The minimum Gasteiger partial charge on any atom is -0.449 e. The number of anilines is 1. The van der Waals surface area contributed by atoms with Gasteiger partial charge in [0, 0.05) is 11.7 Å². The van der Waals surface area contributed by atoms with Gasteiger partial charge in [0.05, 0.1) is 10.5 Å². The van der Waals surface area contributed by atoms with Gasteiger partial charge in [0.2, 0.25) is 10.0 Å². The summed E-state index contributed by atoms with van der Waals surface area (Å²) < 4.78 is 32.3. The maximum Gasteiger partial charge on any atom is 0.338 e. The van der Waals surface area contributed by atoms with E-state index in [1.54, 1.807) is 13.8 Å². The molecule has 0 radical (unpaired) electrons. The second-order valence-corrected chi connectivity index (χ2v) is 8.82. The van der Waals surface area contributed by atoms with Crippen molar-refractivity contribution in [3.63, 3.8) is 0 Å². The van der Waals surface area contributed by atoms with Gasteiger partial charge in [0.15, 0.2) is 6.10 Å². The molecule has 0 heterocycles. The molecule has 0 aliphatic heterocycles. The van der Waals surface area contributed by atoms with Gasteiger partial charge in [-0.15, -0.1) is 0 Å². The van der Waals surface area contributed by atoms with Crippen molar-refractivity contribution in [1.29, 1.82) is 0 Å². The molecule has 0 saturated carbocycles. The highest BCUT2D eigenvalue weighted by Crippen LogP contribution is 2.20. The molecule has 2 aromatic rings. The molecule has 0 bridgehead atoms. The van der Waals surface area contributed by atoms with Crippen LogP contribution in [-0.4, -0.2) is 32.4 Å². The fourth-order valence-corrected chi connectivity index (χ4v) is 3.98. The lowest BCUT2D eigenvalue weighted by molar-refractivity contribution is -0.123. The zero-order valence-corrected chi connectivity index (χ0v) is 18.0. The number of amides is 1. The molecule has 2 rings (SSSR count). The number of ether oxygens (including phenoxy) is 1. The predicted octanol–water partition coefficient (Wildman–Crippen LogP) is 3.17. The van der Waals surface area contributed by atoms with Gasteiger partial charge in [-0.1, -0.05) is 24.3 Å². The van der Waals surface area contributed by atoms with Crippen LogP contribution in [-0.2, 0) is 19.6 Å². The van der Waals surface area contributed by atoms with E-state index in [9.17, 15) is 18.0 Å². The van der Waals surface area contributed by atoms with Crippen LogP contribution < -0.4 is 10.0 Å². The van der Waals surface area contributed by atoms with E-state index in [-0.39, 0.29) is 16.5 Å². The Morgan fingerprint density at radius 1 is 0.966 bits per heavy atom. The molecule has 1 atom stereocenters. The first kappa shape index (κ1) is 22.6. The Hall–Kier alpha value is -2.71. The number of carbonyl (C=O) groups is 2. The summed E-state index contributed by atoms with van der Waals surface area (Å²) in [5.74, 6) is -1.25. The largest absolute Gasteiger partial charge is 0.449 e. The van der Waals surface area contributed by atoms with E-state index in [1.807, 2.05) is 32.0 Å². The fourth-order valence-electron chi connectivity index (χ4n) is 2.69. The van der Waals surface area contributed by atoms with Gasteiger partial charge in [0.1, 0.15) is 0 Å². The summed E-state index contributed by atoms with van der Waals surface area (Å²) in [6, 6.07) is 10.8. The van der Waals surface area contributed by atoms with Crippen molar-refractivity contribution in [2.45, 2.75) is 51.7 Å². The number of sulfonamides is 1. The van der Waals surface area contributed by atoms with Crippen LogP contribution in [0.15, 0.2) is 47.4 Å². The number of benzene rings is 2. The smallest absolute Gasteiger partial charge is 0.338 e. The number of rotatable bonds is 7. The normalized spacial score (nSPS) is 12.5. The van der Waals surface area contributed by atoms with Gasteiger partial charge in [-0.3, -0.25) is 4.79 Å². The van der Waals surface area contributed by atoms with E-state index in [0.29, 0.717) is 5.69 Å². The molecule has 1 amide bonds. The van der Waals surface area contributed by atoms with Crippen LogP contribution in [0.2, 0.25) is 0 Å². The van der Waals surface area contributed by atoms with Gasteiger partial charge in [0.25, 0.3) is 5.91 Å². The minimum atomic E-state index is -3.75. The maximum absolute atomic E-state index is 12.4. The van der Waals surface area contributed by atoms with Crippen molar-refractivity contribution >= 4 is 27.6 Å². The Morgan fingerprint density at radius 2 is 1.55 bits per heavy atom. The van der Waals surface area contributed by atoms with Crippen LogP contribution >= 0.6 is 0 Å². The van der Waals surface area contributed by atoms with E-state index in [4.69, 9.17) is 4.74 Å². The summed E-state index contributed by atoms with van der Waals surface area (Å²) >= 11 is 0. The molecule has 156 valence electrons. The highest BCUT2D eigenvalue weighted by atomic mass is 32.2. The first-order chi connectivity index (χ1) is 13.5. The van der Waals surface area contributed by atoms with Crippen molar-refractivity contribution < 1.29 is 22.7 Å². The van der Waals surface area contributed by atoms with E-state index < -0.39 is 28.0 Å². The lowest BCUT2D eigenvalue weighted by Gasteiger charge is -2.16. The number of hydrogen-bond acceptors (Lipinski definition) is 5. The quantitative estimate of drug-likeness (QED) is 0.673. The maximum atomic E-state index is 12.4. The van der Waals surface area contributed by atoms with Gasteiger partial charge in [-0.25, -0.2) is 17.9 Å². The standard InChI is InChI=1S/C21H26N2O5S/c1-13(2)23-29(26,27)18-11-7-10-17(12-18)21(25)28-16(5)20(24)22-19-14(3)8-6-9-15(19)4/h6-13,16,23H,1-5H3,(H,22,24). The van der Waals surface area contributed by atoms with E-state index >= 15 is 0 Å². The fraction of sp³-hybridized carbons (Fsp3) is 0.333. The van der Waals surface area contributed by atoms with Crippen molar-refractivity contribution in [3.8, 4) is 0 Å². The molecular weight excluding hydrogens is 392 g/mol. The van der Waals surface area contributed by atoms with Gasteiger partial charge >= 0.3 is 5.97 Å².